The third-order valence-corrected chi connectivity index (χ3v) is 13.6. The summed E-state index contributed by atoms with van der Waals surface area (Å²) in [7, 11) is -1.47. The first-order valence-corrected chi connectivity index (χ1v) is 20.7. The van der Waals surface area contributed by atoms with E-state index in [-0.39, 0.29) is 0 Å². The highest BCUT2D eigenvalue weighted by Gasteiger charge is 2.59. The van der Waals surface area contributed by atoms with Gasteiger partial charge in [-0.15, -0.1) is 0 Å². The van der Waals surface area contributed by atoms with E-state index in [9.17, 15) is 0 Å². The Bertz CT molecular complexity index is 2350. The van der Waals surface area contributed by atoms with Gasteiger partial charge in [-0.25, -0.2) is 0 Å². The number of hydrogen-bond acceptors (Lipinski definition) is 0. The summed E-state index contributed by atoms with van der Waals surface area (Å²) in [4.78, 5) is 0. The Balaban J connectivity index is 1.44. The van der Waals surface area contributed by atoms with Crippen molar-refractivity contribution in [3.05, 3.63) is 208 Å². The molecule has 48 heavy (non-hydrogen) atoms. The van der Waals surface area contributed by atoms with E-state index in [1.54, 1.807) is 0 Å². The van der Waals surface area contributed by atoms with Crippen molar-refractivity contribution >= 4 is 13.3 Å². The number of benzene rings is 7. The van der Waals surface area contributed by atoms with Crippen LogP contribution >= 0.6 is 0 Å². The van der Waals surface area contributed by atoms with Crippen LogP contribution in [0.15, 0.2) is 164 Å². The predicted molar refractivity (Wildman–Crippen MR) is 203 cm³/mol. The second-order valence-corrected chi connectivity index (χ2v) is 19.9. The molecule has 0 saturated carbocycles. The fourth-order valence-electron chi connectivity index (χ4n) is 9.69. The quantitative estimate of drug-likeness (QED) is 0.167. The van der Waals surface area contributed by atoms with Gasteiger partial charge in [0.1, 0.15) is 0 Å². The molecule has 0 nitrogen and oxygen atoms in total. The predicted octanol–water partition coefficient (Wildman–Crippen LogP) is 10.9. The minimum Gasteiger partial charge on any atom is -0.0656 e. The first kappa shape index (κ1) is 27.8. The number of hydrogen-bond donors (Lipinski definition) is 0. The molecule has 0 amide bonds. The molecule has 0 heterocycles. The third-order valence-electron chi connectivity index (χ3n) is 11.5. The van der Waals surface area contributed by atoms with Gasteiger partial charge in [-0.05, 0) is 77.9 Å². The van der Waals surface area contributed by atoms with Crippen LogP contribution in [0.2, 0.25) is 19.6 Å². The summed E-state index contributed by atoms with van der Waals surface area (Å²) in [6, 6.07) is 62.8. The zero-order chi connectivity index (χ0) is 32.3. The van der Waals surface area contributed by atoms with Gasteiger partial charge in [0.05, 0.1) is 18.9 Å². The van der Waals surface area contributed by atoms with Gasteiger partial charge in [0.2, 0.25) is 0 Å². The molecule has 0 atom stereocenters. The van der Waals surface area contributed by atoms with E-state index in [4.69, 9.17) is 0 Å². The first-order valence-electron chi connectivity index (χ1n) is 17.2. The fraction of sp³-hybridized carbons (Fsp3) is 0.106. The van der Waals surface area contributed by atoms with Crippen LogP contribution in [0.25, 0.3) is 33.4 Å². The second-order valence-electron chi connectivity index (χ2n) is 14.8. The van der Waals surface area contributed by atoms with E-state index in [1.807, 2.05) is 0 Å². The average molecular weight is 629 g/mol. The molecule has 0 fully saturated rings. The molecular weight excluding hydrogens is 593 g/mol. The van der Waals surface area contributed by atoms with Crippen LogP contribution in [0.5, 0.6) is 0 Å². The van der Waals surface area contributed by atoms with Crippen molar-refractivity contribution in [2.75, 3.05) is 0 Å². The number of rotatable bonds is 2. The molecule has 0 N–H and O–H groups in total. The maximum atomic E-state index is 2.45. The Hall–Kier alpha value is -5.24. The lowest BCUT2D eigenvalue weighted by molar-refractivity contribution is 0.634. The normalized spacial score (nSPS) is 15.3. The van der Waals surface area contributed by atoms with Gasteiger partial charge in [-0.2, -0.15) is 0 Å². The molecule has 0 aromatic heterocycles. The summed E-state index contributed by atoms with van der Waals surface area (Å²) in [5.74, 6) is 0. The third kappa shape index (κ3) is 3.30. The lowest BCUT2D eigenvalue weighted by Gasteiger charge is -2.49. The summed E-state index contributed by atoms with van der Waals surface area (Å²) < 4.78 is 0. The number of fused-ring (bicyclic) bond motifs is 16. The van der Waals surface area contributed by atoms with Crippen LogP contribution in [0.3, 0.4) is 0 Å². The van der Waals surface area contributed by atoms with E-state index in [0.29, 0.717) is 0 Å². The fourth-order valence-corrected chi connectivity index (χ4v) is 10.9. The highest BCUT2D eigenvalue weighted by atomic mass is 28.3. The molecule has 7 aromatic rings. The molecular formula is C47H36Si. The Morgan fingerprint density at radius 1 is 0.312 bits per heavy atom. The minimum atomic E-state index is -1.47. The van der Waals surface area contributed by atoms with Crippen molar-refractivity contribution in [2.45, 2.75) is 30.5 Å². The van der Waals surface area contributed by atoms with Crippen molar-refractivity contribution in [3.8, 4) is 33.4 Å². The van der Waals surface area contributed by atoms with Crippen molar-refractivity contribution < 1.29 is 0 Å². The van der Waals surface area contributed by atoms with E-state index in [2.05, 4.69) is 183 Å². The van der Waals surface area contributed by atoms with Crippen molar-refractivity contribution in [3.63, 3.8) is 0 Å². The molecule has 7 aromatic carbocycles. The van der Waals surface area contributed by atoms with Gasteiger partial charge in [0.25, 0.3) is 0 Å². The van der Waals surface area contributed by atoms with Crippen molar-refractivity contribution in [1.82, 2.24) is 0 Å². The molecule has 3 aliphatic rings. The lowest BCUT2D eigenvalue weighted by Crippen LogP contribution is -2.44. The zero-order valence-corrected chi connectivity index (χ0v) is 28.6. The molecule has 10 rings (SSSR count). The van der Waals surface area contributed by atoms with Crippen LogP contribution in [0.1, 0.15) is 44.5 Å². The van der Waals surface area contributed by atoms with Crippen molar-refractivity contribution in [2.24, 2.45) is 0 Å². The molecule has 0 unspecified atom stereocenters. The van der Waals surface area contributed by atoms with E-state index >= 15 is 0 Å². The van der Waals surface area contributed by atoms with Crippen LogP contribution < -0.4 is 5.19 Å². The Labute approximate surface area is 284 Å². The SMILES string of the molecule is C[Si](C)(C)c1ccc(-c2cccc3c2C2(c4ccccc4-c4ccccc42)c2ccccc2C32c3ccccc3-c3ccccc32)cc1. The summed E-state index contributed by atoms with van der Waals surface area (Å²) in [6.45, 7) is 7.30. The van der Waals surface area contributed by atoms with E-state index in [1.165, 1.54) is 83.1 Å². The maximum absolute atomic E-state index is 2.45. The van der Waals surface area contributed by atoms with Crippen LogP contribution in [-0.2, 0) is 10.8 Å². The topological polar surface area (TPSA) is 0 Å². The molecule has 2 spiro atoms. The lowest BCUT2D eigenvalue weighted by atomic mass is 9.51. The first-order chi connectivity index (χ1) is 23.5. The largest absolute Gasteiger partial charge is 0.0775 e. The average Bonchev–Trinajstić information content (AvgIpc) is 3.59. The van der Waals surface area contributed by atoms with Gasteiger partial charge in [0.15, 0.2) is 0 Å². The molecule has 0 radical (unpaired) electrons. The smallest absolute Gasteiger partial charge is 0.0656 e. The molecule has 3 aliphatic carbocycles. The second kappa shape index (κ2) is 9.66. The standard InChI is InChI=1S/C47H36Si/c1-48(2,3)32-29-27-31(28-30-32)33-19-14-26-44-45(33)47(40-22-10-6-17-36(40)37-18-7-11-23-41(37)47)43-25-13-12-24-42(43)46(44)38-20-8-4-15-34(38)35-16-5-9-21-39(35)46/h4-30H,1-3H3. The summed E-state index contributed by atoms with van der Waals surface area (Å²) in [6.07, 6.45) is 0. The Kier molecular flexibility index (Phi) is 5.60. The van der Waals surface area contributed by atoms with Crippen molar-refractivity contribution in [1.29, 1.82) is 0 Å². The van der Waals surface area contributed by atoms with Gasteiger partial charge in [0, 0.05) is 0 Å². The molecule has 0 saturated heterocycles. The summed E-state index contributed by atoms with van der Waals surface area (Å²) in [5, 5.41) is 1.49. The molecule has 1 heteroatoms. The Morgan fingerprint density at radius 2 is 0.667 bits per heavy atom. The molecule has 0 bridgehead atoms. The molecule has 228 valence electrons. The highest BCUT2D eigenvalue weighted by molar-refractivity contribution is 6.88. The Morgan fingerprint density at radius 3 is 1.12 bits per heavy atom. The van der Waals surface area contributed by atoms with E-state index < -0.39 is 18.9 Å². The van der Waals surface area contributed by atoms with Gasteiger partial charge < -0.3 is 0 Å². The highest BCUT2D eigenvalue weighted by Crippen LogP contribution is 2.68. The monoisotopic (exact) mass is 628 g/mol. The van der Waals surface area contributed by atoms with E-state index in [0.717, 1.165) is 0 Å². The van der Waals surface area contributed by atoms with Crippen LogP contribution in [0.4, 0.5) is 0 Å². The summed E-state index contributed by atoms with van der Waals surface area (Å²) in [5.41, 5.74) is 18.1. The van der Waals surface area contributed by atoms with Crippen LogP contribution in [0, 0.1) is 0 Å². The van der Waals surface area contributed by atoms with Gasteiger partial charge in [-0.3, -0.25) is 0 Å². The summed E-state index contributed by atoms with van der Waals surface area (Å²) >= 11 is 0. The zero-order valence-electron chi connectivity index (χ0n) is 27.6. The minimum absolute atomic E-state index is 0.453. The van der Waals surface area contributed by atoms with Gasteiger partial charge >= 0.3 is 0 Å². The maximum Gasteiger partial charge on any atom is 0.0775 e. The molecule has 0 aliphatic heterocycles. The van der Waals surface area contributed by atoms with Gasteiger partial charge in [-0.1, -0.05) is 189 Å². The van der Waals surface area contributed by atoms with Crippen LogP contribution in [-0.4, -0.2) is 8.07 Å².